The number of hydrogen-bond donors (Lipinski definition) is 1. The molecule has 2 heterocycles. The minimum atomic E-state index is -0.174. The Morgan fingerprint density at radius 3 is 2.67 bits per heavy atom. The monoisotopic (exact) mass is 280 g/mol. The third-order valence-corrected chi connectivity index (χ3v) is 2.99. The second-order valence-corrected chi connectivity index (χ2v) is 4.45. The van der Waals surface area contributed by atoms with Crippen molar-refractivity contribution in [3.63, 3.8) is 0 Å². The van der Waals surface area contributed by atoms with E-state index in [9.17, 15) is 4.79 Å². The van der Waals surface area contributed by atoms with Crippen molar-refractivity contribution in [1.82, 2.24) is 25.2 Å². The average molecular weight is 280 g/mol. The van der Waals surface area contributed by atoms with Crippen LogP contribution in [0.1, 0.15) is 15.9 Å². The molecule has 104 valence electrons. The summed E-state index contributed by atoms with van der Waals surface area (Å²) in [4.78, 5) is 16.0. The van der Waals surface area contributed by atoms with Gasteiger partial charge in [-0.05, 0) is 53.2 Å². The number of nitrogens with zero attached hydrogens (tertiary/aromatic N) is 5. The van der Waals surface area contributed by atoms with Crippen LogP contribution in [-0.4, -0.2) is 31.1 Å². The number of carbonyl (C=O) groups excluding carboxylic acids is 1. The molecule has 21 heavy (non-hydrogen) atoms. The lowest BCUT2D eigenvalue weighted by molar-refractivity contribution is 0.102. The zero-order valence-corrected chi connectivity index (χ0v) is 11.3. The maximum absolute atomic E-state index is 12.1. The van der Waals surface area contributed by atoms with E-state index in [1.807, 2.05) is 25.1 Å². The number of amides is 1. The average Bonchev–Trinajstić information content (AvgIpc) is 3.02. The largest absolute Gasteiger partial charge is 0.322 e. The quantitative estimate of drug-likeness (QED) is 0.788. The highest BCUT2D eigenvalue weighted by Gasteiger charge is 2.08. The van der Waals surface area contributed by atoms with Crippen molar-refractivity contribution in [2.24, 2.45) is 0 Å². The van der Waals surface area contributed by atoms with E-state index in [1.54, 1.807) is 29.2 Å². The van der Waals surface area contributed by atoms with Crippen molar-refractivity contribution < 1.29 is 4.79 Å². The fourth-order valence-corrected chi connectivity index (χ4v) is 1.97. The first kappa shape index (κ1) is 12.9. The van der Waals surface area contributed by atoms with Crippen LogP contribution in [0.4, 0.5) is 5.69 Å². The number of tetrazole rings is 1. The molecule has 0 saturated heterocycles. The van der Waals surface area contributed by atoms with E-state index in [-0.39, 0.29) is 5.91 Å². The first-order chi connectivity index (χ1) is 10.2. The fraction of sp³-hybridized carbons (Fsp3) is 0.0714. The topological polar surface area (TPSA) is 85.6 Å². The standard InChI is InChI=1S/C14H12N6O/c1-10-8-12(2-3-13(10)20-9-16-18-19-20)17-14(21)11-4-6-15-7-5-11/h2-9H,1H3,(H,17,21). The van der Waals surface area contributed by atoms with Gasteiger partial charge in [-0.2, -0.15) is 0 Å². The zero-order chi connectivity index (χ0) is 14.7. The van der Waals surface area contributed by atoms with Crippen LogP contribution in [0.15, 0.2) is 49.1 Å². The Balaban J connectivity index is 1.81. The van der Waals surface area contributed by atoms with Crippen molar-refractivity contribution in [3.05, 3.63) is 60.2 Å². The number of aromatic nitrogens is 5. The number of rotatable bonds is 3. The second-order valence-electron chi connectivity index (χ2n) is 4.45. The van der Waals surface area contributed by atoms with Gasteiger partial charge in [0.2, 0.25) is 0 Å². The molecule has 0 radical (unpaired) electrons. The van der Waals surface area contributed by atoms with Gasteiger partial charge >= 0.3 is 0 Å². The van der Waals surface area contributed by atoms with Crippen molar-refractivity contribution in [3.8, 4) is 5.69 Å². The Bertz CT molecular complexity index is 754. The lowest BCUT2D eigenvalue weighted by Crippen LogP contribution is -2.12. The number of carbonyl (C=O) groups is 1. The van der Waals surface area contributed by atoms with Crippen LogP contribution in [0, 0.1) is 6.92 Å². The molecule has 1 amide bonds. The summed E-state index contributed by atoms with van der Waals surface area (Å²) in [5.74, 6) is -0.174. The summed E-state index contributed by atoms with van der Waals surface area (Å²) in [6.45, 7) is 1.93. The minimum absolute atomic E-state index is 0.174. The molecule has 0 spiro atoms. The number of aryl methyl sites for hydroxylation is 1. The molecule has 3 rings (SSSR count). The predicted molar refractivity (Wildman–Crippen MR) is 76.1 cm³/mol. The fourth-order valence-electron chi connectivity index (χ4n) is 1.97. The Hall–Kier alpha value is -3.09. The molecular formula is C14H12N6O. The molecule has 7 heteroatoms. The Labute approximate surface area is 120 Å². The zero-order valence-electron chi connectivity index (χ0n) is 11.3. The van der Waals surface area contributed by atoms with E-state index in [4.69, 9.17) is 0 Å². The molecule has 0 aliphatic carbocycles. The number of pyridine rings is 1. The molecule has 0 aliphatic heterocycles. The van der Waals surface area contributed by atoms with Crippen molar-refractivity contribution in [1.29, 1.82) is 0 Å². The highest BCUT2D eigenvalue weighted by molar-refractivity contribution is 6.04. The van der Waals surface area contributed by atoms with Gasteiger partial charge in [-0.1, -0.05) is 0 Å². The van der Waals surface area contributed by atoms with Gasteiger partial charge in [-0.25, -0.2) is 4.68 Å². The number of hydrogen-bond acceptors (Lipinski definition) is 5. The Morgan fingerprint density at radius 1 is 1.19 bits per heavy atom. The van der Waals surface area contributed by atoms with Crippen molar-refractivity contribution in [2.75, 3.05) is 5.32 Å². The van der Waals surface area contributed by atoms with Gasteiger partial charge in [0.15, 0.2) is 0 Å². The smallest absolute Gasteiger partial charge is 0.255 e. The minimum Gasteiger partial charge on any atom is -0.322 e. The summed E-state index contributed by atoms with van der Waals surface area (Å²) in [5, 5.41) is 13.9. The van der Waals surface area contributed by atoms with Crippen molar-refractivity contribution >= 4 is 11.6 Å². The number of anilines is 1. The molecular weight excluding hydrogens is 268 g/mol. The molecule has 0 atom stereocenters. The van der Waals surface area contributed by atoms with Crippen LogP contribution in [0.3, 0.4) is 0 Å². The maximum Gasteiger partial charge on any atom is 0.255 e. The summed E-state index contributed by atoms with van der Waals surface area (Å²) >= 11 is 0. The SMILES string of the molecule is Cc1cc(NC(=O)c2ccncc2)ccc1-n1cnnn1. The highest BCUT2D eigenvalue weighted by Crippen LogP contribution is 2.18. The number of benzene rings is 1. The van der Waals surface area contributed by atoms with Crippen LogP contribution in [0.2, 0.25) is 0 Å². The molecule has 1 aromatic carbocycles. The lowest BCUT2D eigenvalue weighted by atomic mass is 10.1. The molecule has 0 aliphatic rings. The van der Waals surface area contributed by atoms with Gasteiger partial charge in [0.05, 0.1) is 5.69 Å². The molecule has 0 fully saturated rings. The molecule has 0 unspecified atom stereocenters. The first-order valence-corrected chi connectivity index (χ1v) is 6.29. The molecule has 7 nitrogen and oxygen atoms in total. The third-order valence-electron chi connectivity index (χ3n) is 2.99. The summed E-state index contributed by atoms with van der Waals surface area (Å²) in [7, 11) is 0. The highest BCUT2D eigenvalue weighted by atomic mass is 16.1. The van der Waals surface area contributed by atoms with E-state index in [1.165, 1.54) is 6.33 Å². The van der Waals surface area contributed by atoms with Crippen LogP contribution < -0.4 is 5.32 Å². The van der Waals surface area contributed by atoms with E-state index in [0.717, 1.165) is 11.3 Å². The normalized spacial score (nSPS) is 10.3. The second kappa shape index (κ2) is 5.49. The predicted octanol–water partition coefficient (Wildman–Crippen LogP) is 1.62. The molecule has 0 saturated carbocycles. The summed E-state index contributed by atoms with van der Waals surface area (Å²) in [6, 6.07) is 8.86. The van der Waals surface area contributed by atoms with Crippen LogP contribution in [0.5, 0.6) is 0 Å². The molecule has 2 aromatic heterocycles. The summed E-state index contributed by atoms with van der Waals surface area (Å²) in [5.41, 5.74) is 3.09. The lowest BCUT2D eigenvalue weighted by Gasteiger charge is -2.09. The first-order valence-electron chi connectivity index (χ1n) is 6.29. The molecule has 0 bridgehead atoms. The van der Waals surface area contributed by atoms with Gasteiger partial charge in [0.25, 0.3) is 5.91 Å². The molecule has 3 aromatic rings. The van der Waals surface area contributed by atoms with Gasteiger partial charge in [0.1, 0.15) is 6.33 Å². The maximum atomic E-state index is 12.1. The Kier molecular flexibility index (Phi) is 3.38. The van der Waals surface area contributed by atoms with E-state index in [0.29, 0.717) is 11.3 Å². The van der Waals surface area contributed by atoms with Crippen LogP contribution >= 0.6 is 0 Å². The van der Waals surface area contributed by atoms with Gasteiger partial charge in [-0.15, -0.1) is 5.10 Å². The Morgan fingerprint density at radius 2 is 2.00 bits per heavy atom. The summed E-state index contributed by atoms with van der Waals surface area (Å²) < 4.78 is 1.57. The van der Waals surface area contributed by atoms with Gasteiger partial charge < -0.3 is 5.32 Å². The van der Waals surface area contributed by atoms with E-state index in [2.05, 4.69) is 25.8 Å². The van der Waals surface area contributed by atoms with E-state index < -0.39 is 0 Å². The summed E-state index contributed by atoms with van der Waals surface area (Å²) in [6.07, 6.45) is 4.69. The van der Waals surface area contributed by atoms with Crippen LogP contribution in [-0.2, 0) is 0 Å². The van der Waals surface area contributed by atoms with Gasteiger partial charge in [-0.3, -0.25) is 9.78 Å². The van der Waals surface area contributed by atoms with Crippen LogP contribution in [0.25, 0.3) is 5.69 Å². The third kappa shape index (κ3) is 2.76. The molecule has 1 N–H and O–H groups in total. The van der Waals surface area contributed by atoms with E-state index >= 15 is 0 Å². The van der Waals surface area contributed by atoms with Gasteiger partial charge in [0, 0.05) is 23.6 Å². The van der Waals surface area contributed by atoms with Crippen molar-refractivity contribution in [2.45, 2.75) is 6.92 Å². The number of nitrogens with one attached hydrogen (secondary N) is 1.